The number of halogens is 4. The van der Waals surface area contributed by atoms with Crippen LogP contribution in [0.25, 0.3) is 11.0 Å². The van der Waals surface area contributed by atoms with E-state index >= 15 is 0 Å². The van der Waals surface area contributed by atoms with Crippen LogP contribution < -0.4 is 5.32 Å². The van der Waals surface area contributed by atoms with E-state index in [9.17, 15) is 13.2 Å². The smallest absolute Gasteiger partial charge is 0.199 e. The summed E-state index contributed by atoms with van der Waals surface area (Å²) in [5, 5.41) is 3.80. The van der Waals surface area contributed by atoms with Crippen LogP contribution in [0.15, 0.2) is 40.8 Å². The quantitative estimate of drug-likeness (QED) is 0.679. The zero-order valence-corrected chi connectivity index (χ0v) is 11.3. The fraction of sp³-hybridized carbons (Fsp3) is 0.0667. The van der Waals surface area contributed by atoms with E-state index in [1.165, 1.54) is 0 Å². The van der Waals surface area contributed by atoms with Gasteiger partial charge in [0.25, 0.3) is 0 Å². The van der Waals surface area contributed by atoms with Gasteiger partial charge in [0.05, 0.1) is 0 Å². The van der Waals surface area contributed by atoms with Crippen LogP contribution in [0.2, 0.25) is 5.22 Å². The molecule has 1 heterocycles. The Morgan fingerprint density at radius 2 is 1.71 bits per heavy atom. The molecule has 0 radical (unpaired) electrons. The first kappa shape index (κ1) is 13.8. The molecule has 108 valence electrons. The number of hydrogen-bond acceptors (Lipinski definition) is 2. The zero-order chi connectivity index (χ0) is 15.0. The standard InChI is InChI=1S/C15H9ClF3NO/c16-15-10(9-3-1-2-4-13(9)21-15)7-20-8-5-11(17)14(19)12(18)6-8/h1-6,20H,7H2. The van der Waals surface area contributed by atoms with Gasteiger partial charge in [-0.2, -0.15) is 0 Å². The van der Waals surface area contributed by atoms with Gasteiger partial charge in [-0.1, -0.05) is 18.2 Å². The van der Waals surface area contributed by atoms with Crippen molar-refractivity contribution in [2.24, 2.45) is 0 Å². The minimum Gasteiger partial charge on any atom is -0.444 e. The predicted octanol–water partition coefficient (Wildman–Crippen LogP) is 5.12. The van der Waals surface area contributed by atoms with Crippen molar-refractivity contribution in [3.8, 4) is 0 Å². The van der Waals surface area contributed by atoms with Gasteiger partial charge in [0.2, 0.25) is 0 Å². The van der Waals surface area contributed by atoms with E-state index in [1.807, 2.05) is 18.2 Å². The van der Waals surface area contributed by atoms with Crippen molar-refractivity contribution in [2.75, 3.05) is 5.32 Å². The Balaban J connectivity index is 1.88. The third-order valence-corrected chi connectivity index (χ3v) is 3.41. The van der Waals surface area contributed by atoms with Crippen molar-refractivity contribution in [1.29, 1.82) is 0 Å². The molecule has 3 aromatic rings. The third-order valence-electron chi connectivity index (χ3n) is 3.10. The second-order valence-electron chi connectivity index (χ2n) is 4.46. The number of hydrogen-bond donors (Lipinski definition) is 1. The van der Waals surface area contributed by atoms with Crippen molar-refractivity contribution in [1.82, 2.24) is 0 Å². The molecule has 1 aromatic heterocycles. The first-order valence-electron chi connectivity index (χ1n) is 6.10. The molecule has 0 aliphatic rings. The van der Waals surface area contributed by atoms with E-state index in [4.69, 9.17) is 16.0 Å². The fourth-order valence-corrected chi connectivity index (χ4v) is 2.33. The van der Waals surface area contributed by atoms with Gasteiger partial charge in [-0.05, 0) is 17.7 Å². The van der Waals surface area contributed by atoms with Crippen molar-refractivity contribution < 1.29 is 17.6 Å². The van der Waals surface area contributed by atoms with Crippen molar-refractivity contribution in [2.45, 2.75) is 6.54 Å². The van der Waals surface area contributed by atoms with Gasteiger partial charge in [0.1, 0.15) is 5.58 Å². The molecule has 0 spiro atoms. The second-order valence-corrected chi connectivity index (χ2v) is 4.80. The highest BCUT2D eigenvalue weighted by Crippen LogP contribution is 2.30. The zero-order valence-electron chi connectivity index (χ0n) is 10.6. The van der Waals surface area contributed by atoms with E-state index in [0.29, 0.717) is 11.1 Å². The summed E-state index contributed by atoms with van der Waals surface area (Å²) in [6.07, 6.45) is 0. The first-order valence-corrected chi connectivity index (χ1v) is 6.48. The van der Waals surface area contributed by atoms with Crippen LogP contribution >= 0.6 is 11.6 Å². The van der Waals surface area contributed by atoms with E-state index in [0.717, 1.165) is 17.5 Å². The van der Waals surface area contributed by atoms with E-state index in [1.54, 1.807) is 6.07 Å². The highest BCUT2D eigenvalue weighted by Gasteiger charge is 2.14. The average Bonchev–Trinajstić information content (AvgIpc) is 2.78. The summed E-state index contributed by atoms with van der Waals surface area (Å²) < 4.78 is 44.5. The van der Waals surface area contributed by atoms with Crippen LogP contribution in [0.3, 0.4) is 0 Å². The van der Waals surface area contributed by atoms with Crippen LogP contribution in [-0.2, 0) is 6.54 Å². The highest BCUT2D eigenvalue weighted by atomic mass is 35.5. The van der Waals surface area contributed by atoms with Gasteiger partial charge >= 0.3 is 0 Å². The Morgan fingerprint density at radius 1 is 1.05 bits per heavy atom. The Morgan fingerprint density at radius 3 is 2.43 bits per heavy atom. The molecule has 1 N–H and O–H groups in total. The largest absolute Gasteiger partial charge is 0.444 e. The van der Waals surface area contributed by atoms with Gasteiger partial charge in [0.15, 0.2) is 22.7 Å². The van der Waals surface area contributed by atoms with E-state index in [-0.39, 0.29) is 17.5 Å². The number of furan rings is 1. The topological polar surface area (TPSA) is 25.2 Å². The summed E-state index contributed by atoms with van der Waals surface area (Å²) in [5.74, 6) is -3.99. The molecule has 0 amide bonds. The molecule has 3 rings (SSSR count). The number of benzene rings is 2. The van der Waals surface area contributed by atoms with Crippen LogP contribution in [0.1, 0.15) is 5.56 Å². The predicted molar refractivity (Wildman–Crippen MR) is 74.9 cm³/mol. The number of para-hydroxylation sites is 1. The van der Waals surface area contributed by atoms with Crippen LogP contribution in [0, 0.1) is 17.5 Å². The van der Waals surface area contributed by atoms with Gasteiger partial charge in [0, 0.05) is 35.3 Å². The Labute approximate surface area is 123 Å². The summed E-state index contributed by atoms with van der Waals surface area (Å²) in [5.41, 5.74) is 1.40. The maximum atomic E-state index is 13.1. The lowest BCUT2D eigenvalue weighted by Gasteiger charge is -2.07. The Bertz CT molecular complexity index is 793. The number of fused-ring (bicyclic) bond motifs is 1. The first-order chi connectivity index (χ1) is 10.1. The number of nitrogens with one attached hydrogen (secondary N) is 1. The molecule has 0 aliphatic heterocycles. The van der Waals surface area contributed by atoms with Gasteiger partial charge in [-0.3, -0.25) is 0 Å². The molecule has 0 unspecified atom stereocenters. The highest BCUT2D eigenvalue weighted by molar-refractivity contribution is 6.30. The van der Waals surface area contributed by atoms with Crippen LogP contribution in [-0.4, -0.2) is 0 Å². The van der Waals surface area contributed by atoms with Crippen LogP contribution in [0.4, 0.5) is 18.9 Å². The van der Waals surface area contributed by atoms with E-state index in [2.05, 4.69) is 5.32 Å². The Hall–Kier alpha value is -2.14. The molecular weight excluding hydrogens is 303 g/mol. The minimum atomic E-state index is -1.49. The fourth-order valence-electron chi connectivity index (χ4n) is 2.08. The van der Waals surface area contributed by atoms with Crippen LogP contribution in [0.5, 0.6) is 0 Å². The molecule has 2 aromatic carbocycles. The summed E-state index contributed by atoms with van der Waals surface area (Å²) in [6, 6.07) is 9.00. The summed E-state index contributed by atoms with van der Waals surface area (Å²) in [6.45, 7) is 0.195. The molecule has 6 heteroatoms. The number of anilines is 1. The normalized spacial score (nSPS) is 11.0. The van der Waals surface area contributed by atoms with Crippen molar-refractivity contribution >= 4 is 28.3 Å². The third kappa shape index (κ3) is 2.56. The summed E-state index contributed by atoms with van der Waals surface area (Å²) in [4.78, 5) is 0. The van der Waals surface area contributed by atoms with Crippen molar-refractivity contribution in [3.63, 3.8) is 0 Å². The molecule has 0 atom stereocenters. The van der Waals surface area contributed by atoms with Gasteiger partial charge in [-0.15, -0.1) is 0 Å². The molecular formula is C15H9ClF3NO. The second kappa shape index (κ2) is 5.33. The lowest BCUT2D eigenvalue weighted by molar-refractivity contribution is 0.447. The Kier molecular flexibility index (Phi) is 3.51. The van der Waals surface area contributed by atoms with Gasteiger partial charge in [-0.25, -0.2) is 13.2 Å². The SMILES string of the molecule is Fc1cc(NCc2c(Cl)oc3ccccc23)cc(F)c1F. The molecule has 0 saturated heterocycles. The maximum absolute atomic E-state index is 13.1. The lowest BCUT2D eigenvalue weighted by atomic mass is 10.1. The summed E-state index contributed by atoms with van der Waals surface area (Å²) in [7, 11) is 0. The molecule has 0 bridgehead atoms. The van der Waals surface area contributed by atoms with E-state index < -0.39 is 17.5 Å². The molecule has 0 fully saturated rings. The number of rotatable bonds is 3. The molecule has 0 saturated carbocycles. The summed E-state index contributed by atoms with van der Waals surface area (Å²) >= 11 is 6.01. The molecule has 21 heavy (non-hydrogen) atoms. The van der Waals surface area contributed by atoms with Gasteiger partial charge < -0.3 is 9.73 Å². The lowest BCUT2D eigenvalue weighted by Crippen LogP contribution is -2.02. The van der Waals surface area contributed by atoms with Crippen molar-refractivity contribution in [3.05, 3.63) is 64.6 Å². The molecule has 0 aliphatic carbocycles. The average molecular weight is 312 g/mol. The minimum absolute atomic E-state index is 0.118. The monoisotopic (exact) mass is 311 g/mol. The maximum Gasteiger partial charge on any atom is 0.199 e. The molecule has 2 nitrogen and oxygen atoms in total.